The van der Waals surface area contributed by atoms with Crippen LogP contribution >= 0.6 is 0 Å². The molecule has 1 aliphatic heterocycles. The largest absolute Gasteiger partial charge is 0.494 e. The SMILES string of the molecule is COc1c(C(N)=O)ccnc1[C@@H]1O[C@H](CO)[C@@H](O)[C@H]1O. The molecule has 1 aliphatic rings. The van der Waals surface area contributed by atoms with Crippen molar-refractivity contribution >= 4 is 5.91 Å². The van der Waals surface area contributed by atoms with Crippen LogP contribution < -0.4 is 10.5 Å². The molecular formula is C12H16N2O6. The van der Waals surface area contributed by atoms with E-state index in [0.717, 1.165) is 0 Å². The number of hydrogen-bond acceptors (Lipinski definition) is 7. The van der Waals surface area contributed by atoms with Crippen molar-refractivity contribution in [1.29, 1.82) is 0 Å². The van der Waals surface area contributed by atoms with Crippen LogP contribution in [0.4, 0.5) is 0 Å². The highest BCUT2D eigenvalue weighted by Crippen LogP contribution is 2.37. The van der Waals surface area contributed by atoms with Gasteiger partial charge in [-0.05, 0) is 6.07 Å². The summed E-state index contributed by atoms with van der Waals surface area (Å²) in [6.07, 6.45) is -3.17. The lowest BCUT2D eigenvalue weighted by molar-refractivity contribution is -0.0246. The summed E-state index contributed by atoms with van der Waals surface area (Å²) in [6, 6.07) is 1.38. The number of nitrogens with zero attached hydrogens (tertiary/aromatic N) is 1. The predicted molar refractivity (Wildman–Crippen MR) is 66.0 cm³/mol. The minimum absolute atomic E-state index is 0.0786. The Morgan fingerprint density at radius 1 is 1.50 bits per heavy atom. The molecule has 20 heavy (non-hydrogen) atoms. The molecule has 1 aromatic heterocycles. The first kappa shape index (κ1) is 14.7. The third kappa shape index (κ3) is 2.34. The Bertz CT molecular complexity index is 509. The van der Waals surface area contributed by atoms with Crippen LogP contribution in [0.5, 0.6) is 5.75 Å². The number of hydrogen-bond donors (Lipinski definition) is 4. The predicted octanol–water partition coefficient (Wildman–Crippen LogP) is -1.66. The van der Waals surface area contributed by atoms with Gasteiger partial charge in [0.15, 0.2) is 5.75 Å². The first-order valence-electron chi connectivity index (χ1n) is 5.96. The molecule has 0 bridgehead atoms. The summed E-state index contributed by atoms with van der Waals surface area (Å²) in [7, 11) is 1.33. The second kappa shape index (κ2) is 5.71. The fraction of sp³-hybridized carbons (Fsp3) is 0.500. The molecule has 5 N–H and O–H groups in total. The summed E-state index contributed by atoms with van der Waals surface area (Å²) in [6.45, 7) is -0.452. The van der Waals surface area contributed by atoms with Gasteiger partial charge in [-0.2, -0.15) is 0 Å². The highest BCUT2D eigenvalue weighted by molar-refractivity contribution is 5.95. The molecular weight excluding hydrogens is 268 g/mol. The molecule has 1 aromatic rings. The van der Waals surface area contributed by atoms with Gasteiger partial charge in [0.2, 0.25) is 0 Å². The molecule has 0 aromatic carbocycles. The number of carbonyl (C=O) groups is 1. The summed E-state index contributed by atoms with van der Waals surface area (Å²) in [4.78, 5) is 15.4. The van der Waals surface area contributed by atoms with Gasteiger partial charge < -0.3 is 30.5 Å². The number of aromatic nitrogens is 1. The second-order valence-corrected chi connectivity index (χ2v) is 4.40. The van der Waals surface area contributed by atoms with Crippen LogP contribution in [-0.2, 0) is 4.74 Å². The summed E-state index contributed by atoms with van der Waals surface area (Å²) in [5.41, 5.74) is 5.47. The van der Waals surface area contributed by atoms with Gasteiger partial charge in [0.25, 0.3) is 5.91 Å². The molecule has 0 radical (unpaired) electrons. The average molecular weight is 284 g/mol. The Morgan fingerprint density at radius 2 is 2.20 bits per heavy atom. The molecule has 8 heteroatoms. The molecule has 2 heterocycles. The number of nitrogens with two attached hydrogens (primary N) is 1. The Balaban J connectivity index is 2.43. The van der Waals surface area contributed by atoms with E-state index in [0.29, 0.717) is 0 Å². The van der Waals surface area contributed by atoms with Crippen molar-refractivity contribution in [3.8, 4) is 5.75 Å². The van der Waals surface area contributed by atoms with Crippen LogP contribution in [0.25, 0.3) is 0 Å². The van der Waals surface area contributed by atoms with Crippen LogP contribution in [0.3, 0.4) is 0 Å². The van der Waals surface area contributed by atoms with Gasteiger partial charge >= 0.3 is 0 Å². The van der Waals surface area contributed by atoms with E-state index in [1.165, 1.54) is 19.4 Å². The summed E-state index contributed by atoms with van der Waals surface area (Å²) in [5, 5.41) is 28.8. The highest BCUT2D eigenvalue weighted by Gasteiger charge is 2.45. The molecule has 8 nitrogen and oxygen atoms in total. The van der Waals surface area contributed by atoms with E-state index in [1.54, 1.807) is 0 Å². The molecule has 0 unspecified atom stereocenters. The molecule has 0 saturated carbocycles. The van der Waals surface area contributed by atoms with E-state index < -0.39 is 36.9 Å². The second-order valence-electron chi connectivity index (χ2n) is 4.40. The third-order valence-electron chi connectivity index (χ3n) is 3.21. The molecule has 1 saturated heterocycles. The van der Waals surface area contributed by atoms with Gasteiger partial charge in [0.1, 0.15) is 30.1 Å². The van der Waals surface area contributed by atoms with E-state index >= 15 is 0 Å². The number of ether oxygens (including phenoxy) is 2. The number of carbonyl (C=O) groups excluding carboxylic acids is 1. The van der Waals surface area contributed by atoms with Crippen molar-refractivity contribution in [1.82, 2.24) is 4.98 Å². The van der Waals surface area contributed by atoms with Crippen molar-refractivity contribution in [2.24, 2.45) is 5.73 Å². The first-order chi connectivity index (χ1) is 9.51. The number of pyridine rings is 1. The number of rotatable bonds is 4. The molecule has 2 rings (SSSR count). The number of primary amides is 1. The Hall–Kier alpha value is -1.74. The van der Waals surface area contributed by atoms with Gasteiger partial charge in [0.05, 0.1) is 19.3 Å². The monoisotopic (exact) mass is 284 g/mol. The zero-order valence-electron chi connectivity index (χ0n) is 10.8. The fourth-order valence-corrected chi connectivity index (χ4v) is 2.20. The van der Waals surface area contributed by atoms with Crippen molar-refractivity contribution in [3.05, 3.63) is 23.5 Å². The number of aliphatic hydroxyl groups is 3. The molecule has 4 atom stereocenters. The normalized spacial score (nSPS) is 29.4. The Morgan fingerprint density at radius 3 is 2.70 bits per heavy atom. The Kier molecular flexibility index (Phi) is 4.19. The zero-order chi connectivity index (χ0) is 14.9. The topological polar surface area (TPSA) is 135 Å². The van der Waals surface area contributed by atoms with Crippen LogP contribution in [0, 0.1) is 0 Å². The first-order valence-corrected chi connectivity index (χ1v) is 5.96. The molecule has 1 amide bonds. The summed E-state index contributed by atoms with van der Waals surface area (Å²) >= 11 is 0. The smallest absolute Gasteiger partial charge is 0.252 e. The van der Waals surface area contributed by atoms with Crippen LogP contribution in [-0.4, -0.2) is 58.2 Å². The van der Waals surface area contributed by atoms with E-state index in [4.69, 9.17) is 20.3 Å². The quantitative estimate of drug-likeness (QED) is 0.520. The zero-order valence-corrected chi connectivity index (χ0v) is 10.8. The fourth-order valence-electron chi connectivity index (χ4n) is 2.20. The molecule has 0 spiro atoms. The lowest BCUT2D eigenvalue weighted by atomic mass is 10.0. The average Bonchev–Trinajstić information content (AvgIpc) is 2.73. The van der Waals surface area contributed by atoms with Crippen LogP contribution in [0.1, 0.15) is 22.2 Å². The van der Waals surface area contributed by atoms with Gasteiger partial charge in [-0.1, -0.05) is 0 Å². The standard InChI is InChI=1S/C12H16N2O6/c1-19-10-5(12(13)18)2-3-14-7(10)11-9(17)8(16)6(4-15)20-11/h2-3,6,8-9,11,15-17H,4H2,1H3,(H2,13,18)/t6-,8-,9-,11+/m1/s1. The van der Waals surface area contributed by atoms with E-state index in [9.17, 15) is 15.0 Å². The van der Waals surface area contributed by atoms with E-state index in [-0.39, 0.29) is 17.0 Å². The van der Waals surface area contributed by atoms with E-state index in [1.807, 2.05) is 0 Å². The van der Waals surface area contributed by atoms with Gasteiger partial charge in [-0.3, -0.25) is 9.78 Å². The minimum atomic E-state index is -1.29. The lowest BCUT2D eigenvalue weighted by Crippen LogP contribution is -2.32. The highest BCUT2D eigenvalue weighted by atomic mass is 16.6. The maximum atomic E-state index is 11.3. The number of methoxy groups -OCH3 is 1. The van der Waals surface area contributed by atoms with Crippen LogP contribution in [0.15, 0.2) is 12.3 Å². The van der Waals surface area contributed by atoms with Gasteiger partial charge in [0, 0.05) is 6.20 Å². The van der Waals surface area contributed by atoms with Gasteiger partial charge in [-0.25, -0.2) is 0 Å². The molecule has 110 valence electrons. The molecule has 0 aliphatic carbocycles. The molecule has 1 fully saturated rings. The van der Waals surface area contributed by atoms with Crippen molar-refractivity contribution in [2.75, 3.05) is 13.7 Å². The Labute approximate surface area is 114 Å². The van der Waals surface area contributed by atoms with Crippen LogP contribution in [0.2, 0.25) is 0 Å². The van der Waals surface area contributed by atoms with Crippen molar-refractivity contribution in [2.45, 2.75) is 24.4 Å². The van der Waals surface area contributed by atoms with Crippen molar-refractivity contribution < 1.29 is 29.6 Å². The lowest BCUT2D eigenvalue weighted by Gasteiger charge is -2.18. The van der Waals surface area contributed by atoms with E-state index in [2.05, 4.69) is 4.98 Å². The third-order valence-corrected chi connectivity index (χ3v) is 3.21. The summed E-state index contributed by atoms with van der Waals surface area (Å²) in [5.74, 6) is -0.632. The number of aliphatic hydroxyl groups excluding tert-OH is 3. The number of amides is 1. The maximum absolute atomic E-state index is 11.3. The minimum Gasteiger partial charge on any atom is -0.494 e. The van der Waals surface area contributed by atoms with Crippen molar-refractivity contribution in [3.63, 3.8) is 0 Å². The maximum Gasteiger partial charge on any atom is 0.252 e. The summed E-state index contributed by atoms with van der Waals surface area (Å²) < 4.78 is 10.5. The van der Waals surface area contributed by atoms with Gasteiger partial charge in [-0.15, -0.1) is 0 Å².